The van der Waals surface area contributed by atoms with Crippen LogP contribution in [0.15, 0.2) is 180 Å². The van der Waals surface area contributed by atoms with Gasteiger partial charge in [0, 0.05) is 38.2 Å². The van der Waals surface area contributed by atoms with E-state index in [1.54, 1.807) is 0 Å². The SMILES string of the molecule is c1ccc2c(c1)Oc1cc(-n3c4ccccc4c4cc5c(cc43)C3(c4ccccc4Sc4ccccc43)c3ccccc3-5)cc3c1B2c1ccccc1O3. The van der Waals surface area contributed by atoms with Crippen molar-refractivity contribution in [2.45, 2.75) is 15.2 Å². The van der Waals surface area contributed by atoms with Crippen molar-refractivity contribution in [3.05, 3.63) is 192 Å². The van der Waals surface area contributed by atoms with Crippen LogP contribution >= 0.6 is 11.8 Å². The topological polar surface area (TPSA) is 23.4 Å². The molecule has 1 aliphatic carbocycles. The number of para-hydroxylation sites is 3. The highest BCUT2D eigenvalue weighted by molar-refractivity contribution is 7.99. The fraction of sp³-hybridized carbons (Fsp3) is 0.0204. The van der Waals surface area contributed by atoms with Gasteiger partial charge in [-0.15, -0.1) is 0 Å². The average Bonchev–Trinajstić information content (AvgIpc) is 3.70. The van der Waals surface area contributed by atoms with Gasteiger partial charge in [-0.2, -0.15) is 0 Å². The summed E-state index contributed by atoms with van der Waals surface area (Å²) in [6.45, 7) is 0.0306. The quantitative estimate of drug-likeness (QED) is 0.159. The molecule has 4 heterocycles. The van der Waals surface area contributed by atoms with Crippen molar-refractivity contribution in [2.75, 3.05) is 0 Å². The van der Waals surface area contributed by atoms with Gasteiger partial charge >= 0.3 is 0 Å². The van der Waals surface area contributed by atoms with Crippen molar-refractivity contribution in [3.63, 3.8) is 0 Å². The number of benzene rings is 8. The fourth-order valence-electron chi connectivity index (χ4n) is 10.1. The minimum Gasteiger partial charge on any atom is -0.458 e. The lowest BCUT2D eigenvalue weighted by Gasteiger charge is -2.39. The molecule has 4 aliphatic rings. The third-order valence-corrected chi connectivity index (χ3v) is 13.3. The first kappa shape index (κ1) is 29.1. The number of ether oxygens (including phenoxy) is 2. The highest BCUT2D eigenvalue weighted by Crippen LogP contribution is 2.62. The molecule has 0 amide bonds. The van der Waals surface area contributed by atoms with Crippen LogP contribution < -0.4 is 25.9 Å². The number of hydrogen-bond donors (Lipinski definition) is 0. The molecule has 0 saturated heterocycles. The standard InChI is InChI=1S/C49H28BNO2S/c1-3-15-34-30(13-1)32-27-33-31-14-2-8-20-40(31)51(41(33)28-37(32)49(34)35-16-4-11-23-46(35)54-47-24-12-5-17-36(47)49)29-25-44-48-45(26-29)53-43-22-10-7-19-39(43)50(48)38-18-6-9-21-42(38)52-44/h1-28H. The van der Waals surface area contributed by atoms with Crippen molar-refractivity contribution in [3.8, 4) is 39.8 Å². The zero-order valence-electron chi connectivity index (χ0n) is 28.9. The van der Waals surface area contributed by atoms with E-state index in [1.807, 2.05) is 11.8 Å². The highest BCUT2D eigenvalue weighted by Gasteiger charge is 2.50. The van der Waals surface area contributed by atoms with Gasteiger partial charge in [-0.05, 0) is 86.8 Å². The summed E-state index contributed by atoms with van der Waals surface area (Å²) in [6.07, 6.45) is 0. The van der Waals surface area contributed by atoms with Crippen LogP contribution in [0.5, 0.6) is 23.0 Å². The van der Waals surface area contributed by atoms with E-state index in [4.69, 9.17) is 9.47 Å². The lowest BCUT2D eigenvalue weighted by atomic mass is 9.35. The van der Waals surface area contributed by atoms with E-state index in [9.17, 15) is 0 Å². The normalized spacial score (nSPS) is 14.6. The second-order valence-electron chi connectivity index (χ2n) is 14.7. The molecule has 0 fully saturated rings. The Morgan fingerprint density at radius 2 is 1.02 bits per heavy atom. The Hall–Kier alpha value is -6.43. The Kier molecular flexibility index (Phi) is 5.59. The first-order chi connectivity index (χ1) is 26.8. The van der Waals surface area contributed by atoms with E-state index in [0.717, 1.165) is 45.2 Å². The molecular formula is C49H28BNO2S. The third kappa shape index (κ3) is 3.56. The van der Waals surface area contributed by atoms with Crippen LogP contribution in [-0.4, -0.2) is 11.3 Å². The predicted molar refractivity (Wildman–Crippen MR) is 220 cm³/mol. The summed E-state index contributed by atoms with van der Waals surface area (Å²) in [5, 5.41) is 2.44. The van der Waals surface area contributed by atoms with Gasteiger partial charge in [0.2, 0.25) is 0 Å². The van der Waals surface area contributed by atoms with Crippen molar-refractivity contribution in [1.29, 1.82) is 0 Å². The lowest BCUT2D eigenvalue weighted by Crippen LogP contribution is -2.57. The molecule has 0 atom stereocenters. The molecule has 0 unspecified atom stereocenters. The molecule has 3 nitrogen and oxygen atoms in total. The molecule has 54 heavy (non-hydrogen) atoms. The van der Waals surface area contributed by atoms with Crippen molar-refractivity contribution in [2.24, 2.45) is 0 Å². The average molecular weight is 706 g/mol. The Balaban J connectivity index is 1.13. The van der Waals surface area contributed by atoms with Crippen LogP contribution in [-0.2, 0) is 5.41 Å². The first-order valence-electron chi connectivity index (χ1n) is 18.5. The molecule has 250 valence electrons. The summed E-state index contributed by atoms with van der Waals surface area (Å²) >= 11 is 1.88. The van der Waals surface area contributed by atoms with Gasteiger partial charge in [-0.1, -0.05) is 127 Å². The zero-order valence-corrected chi connectivity index (χ0v) is 29.7. The maximum absolute atomic E-state index is 6.79. The zero-order chi connectivity index (χ0) is 35.1. The number of fused-ring (bicyclic) bond motifs is 16. The summed E-state index contributed by atoms with van der Waals surface area (Å²) in [7, 11) is 0. The Labute approximate surface area is 316 Å². The van der Waals surface area contributed by atoms with Crippen LogP contribution in [0.3, 0.4) is 0 Å². The van der Waals surface area contributed by atoms with Gasteiger partial charge in [0.25, 0.3) is 6.71 Å². The summed E-state index contributed by atoms with van der Waals surface area (Å²) in [5.74, 6) is 3.46. The number of rotatable bonds is 1. The molecule has 13 rings (SSSR count). The largest absolute Gasteiger partial charge is 0.458 e. The molecule has 0 saturated carbocycles. The lowest BCUT2D eigenvalue weighted by molar-refractivity contribution is 0.464. The molecule has 1 spiro atoms. The molecule has 1 aromatic heterocycles. The van der Waals surface area contributed by atoms with Crippen molar-refractivity contribution in [1.82, 2.24) is 4.57 Å². The number of aromatic nitrogens is 1. The minimum atomic E-state index is -0.464. The second kappa shape index (κ2) is 10.4. The summed E-state index contributed by atoms with van der Waals surface area (Å²) < 4.78 is 16.0. The fourth-order valence-corrected chi connectivity index (χ4v) is 11.3. The van der Waals surface area contributed by atoms with Crippen LogP contribution in [0.4, 0.5) is 0 Å². The Bertz CT molecular complexity index is 3010. The van der Waals surface area contributed by atoms with Crippen LogP contribution in [0, 0.1) is 0 Å². The van der Waals surface area contributed by atoms with Crippen LogP contribution in [0.1, 0.15) is 22.3 Å². The van der Waals surface area contributed by atoms with Gasteiger partial charge < -0.3 is 14.0 Å². The maximum Gasteiger partial charge on any atom is 0.260 e. The van der Waals surface area contributed by atoms with Crippen LogP contribution in [0.25, 0.3) is 38.6 Å². The minimum absolute atomic E-state index is 0.0306. The maximum atomic E-state index is 6.79. The van der Waals surface area contributed by atoms with E-state index >= 15 is 0 Å². The molecule has 5 heteroatoms. The molecule has 0 radical (unpaired) electrons. The van der Waals surface area contributed by atoms with Gasteiger partial charge in [0.1, 0.15) is 23.0 Å². The Morgan fingerprint density at radius 3 is 1.72 bits per heavy atom. The monoisotopic (exact) mass is 705 g/mol. The molecule has 0 bridgehead atoms. The Morgan fingerprint density at radius 1 is 0.444 bits per heavy atom. The summed E-state index contributed by atoms with van der Waals surface area (Å²) in [4.78, 5) is 2.61. The van der Waals surface area contributed by atoms with Gasteiger partial charge in [-0.25, -0.2) is 0 Å². The molecule has 3 aliphatic heterocycles. The highest BCUT2D eigenvalue weighted by atomic mass is 32.2. The molecule has 9 aromatic rings. The van der Waals surface area contributed by atoms with Crippen molar-refractivity contribution < 1.29 is 9.47 Å². The number of nitrogens with zero attached hydrogens (tertiary/aromatic N) is 1. The predicted octanol–water partition coefficient (Wildman–Crippen LogP) is 10.3. The summed E-state index contributed by atoms with van der Waals surface area (Å²) in [5.41, 5.74) is 14.2. The molecular weight excluding hydrogens is 677 g/mol. The van der Waals surface area contributed by atoms with E-state index in [-0.39, 0.29) is 6.71 Å². The molecule has 8 aromatic carbocycles. The van der Waals surface area contributed by atoms with Crippen molar-refractivity contribution >= 4 is 56.7 Å². The van der Waals surface area contributed by atoms with Gasteiger partial charge in [0.05, 0.1) is 22.1 Å². The molecule has 0 N–H and O–H groups in total. The third-order valence-electron chi connectivity index (χ3n) is 12.2. The second-order valence-corrected chi connectivity index (χ2v) is 15.8. The van der Waals surface area contributed by atoms with E-state index in [2.05, 4.69) is 174 Å². The van der Waals surface area contributed by atoms with E-state index in [1.165, 1.54) is 64.9 Å². The first-order valence-corrected chi connectivity index (χ1v) is 19.4. The number of hydrogen-bond acceptors (Lipinski definition) is 3. The van der Waals surface area contributed by atoms with E-state index < -0.39 is 5.41 Å². The smallest absolute Gasteiger partial charge is 0.260 e. The van der Waals surface area contributed by atoms with Gasteiger partial charge in [0.15, 0.2) is 0 Å². The van der Waals surface area contributed by atoms with Gasteiger partial charge in [-0.3, -0.25) is 0 Å². The van der Waals surface area contributed by atoms with E-state index in [0.29, 0.717) is 0 Å². The summed E-state index contributed by atoms with van der Waals surface area (Å²) in [6, 6.07) is 62.1. The van der Waals surface area contributed by atoms with Crippen LogP contribution in [0.2, 0.25) is 0 Å².